The van der Waals surface area contributed by atoms with Crippen molar-refractivity contribution >= 4 is 80.5 Å². The fourth-order valence-corrected chi connectivity index (χ4v) is 16.4. The van der Waals surface area contributed by atoms with Gasteiger partial charge < -0.3 is 9.13 Å². The molecule has 5 heterocycles. The monoisotopic (exact) mass is 786 g/mol. The van der Waals surface area contributed by atoms with Crippen LogP contribution in [0.1, 0.15) is 52.9 Å². The van der Waals surface area contributed by atoms with Crippen LogP contribution in [0.25, 0.3) is 77.5 Å². The Morgan fingerprint density at radius 1 is 0.414 bits per heavy atom. The van der Waals surface area contributed by atoms with Crippen molar-refractivity contribution < 1.29 is 0 Å². The van der Waals surface area contributed by atoms with Crippen LogP contribution in [0.5, 0.6) is 0 Å². The van der Waals surface area contributed by atoms with Crippen molar-refractivity contribution in [2.75, 3.05) is 0 Å². The molecule has 4 nitrogen and oxygen atoms in total. The molecule has 0 radical (unpaired) electrons. The van der Waals surface area contributed by atoms with Gasteiger partial charge in [0.25, 0.3) is 0 Å². The van der Waals surface area contributed by atoms with Gasteiger partial charge >= 0.3 is 0 Å². The van der Waals surface area contributed by atoms with Gasteiger partial charge in [0.05, 0.1) is 44.8 Å². The SMILES string of the molecule is CC(C)(C)c1nc(-c2ccc3c(c2)-n2c4ccccc4c4cccc(c42)[Si]3(C)C)c(C(C)(C)C)nc1-c1ccc2c(c1)-n1c3ccccc3c3cccc(c31)[Si]2(C)C. The molecule has 2 aliphatic rings. The van der Waals surface area contributed by atoms with Crippen LogP contribution in [-0.4, -0.2) is 35.2 Å². The van der Waals surface area contributed by atoms with Gasteiger partial charge in [-0.15, -0.1) is 0 Å². The van der Waals surface area contributed by atoms with E-state index in [-0.39, 0.29) is 10.8 Å². The number of fused-ring (bicyclic) bond motifs is 10. The summed E-state index contributed by atoms with van der Waals surface area (Å²) in [6.45, 7) is 23.8. The summed E-state index contributed by atoms with van der Waals surface area (Å²) in [5.74, 6) is 0. The molecule has 0 aliphatic carbocycles. The van der Waals surface area contributed by atoms with Crippen LogP contribution >= 0.6 is 0 Å². The Hall–Kier alpha value is -5.57. The molecule has 3 aromatic heterocycles. The highest BCUT2D eigenvalue weighted by Gasteiger charge is 2.40. The molecule has 0 unspecified atom stereocenters. The summed E-state index contributed by atoms with van der Waals surface area (Å²) in [6.07, 6.45) is 0. The molecule has 6 heteroatoms. The van der Waals surface area contributed by atoms with E-state index in [1.165, 1.54) is 75.7 Å². The number of rotatable bonds is 2. The van der Waals surface area contributed by atoms with Gasteiger partial charge in [-0.2, -0.15) is 0 Å². The molecule has 11 rings (SSSR count). The summed E-state index contributed by atoms with van der Waals surface area (Å²) in [5.41, 5.74) is 13.6. The second kappa shape index (κ2) is 11.5. The topological polar surface area (TPSA) is 35.6 Å². The van der Waals surface area contributed by atoms with Gasteiger partial charge in [-0.25, -0.2) is 9.97 Å². The first kappa shape index (κ1) is 35.6. The maximum absolute atomic E-state index is 5.78. The Morgan fingerprint density at radius 3 is 1.19 bits per heavy atom. The minimum Gasteiger partial charge on any atom is -0.309 e. The molecule has 0 fully saturated rings. The van der Waals surface area contributed by atoms with Gasteiger partial charge in [-0.05, 0) is 45.0 Å². The lowest BCUT2D eigenvalue weighted by Crippen LogP contribution is -2.57. The number of benzene rings is 6. The van der Waals surface area contributed by atoms with E-state index >= 15 is 0 Å². The standard InChI is InChI=1S/C52H50N4Si2/c1-51(2,3)49-45(31-25-27-41-39(29-31)55-37-21-13-11-17-33(37)35-19-15-23-43(47(35)55)57(41,7)8)54-50(52(4,5)6)46(53-49)32-26-28-42-40(30-32)56-38-22-14-12-18-34(38)36-20-16-24-44(48(36)56)58(42,9)10/h11-30H,1-10H3. The van der Waals surface area contributed by atoms with Gasteiger partial charge in [-0.3, -0.25) is 0 Å². The van der Waals surface area contributed by atoms with Crippen LogP contribution in [0.4, 0.5) is 0 Å². The molecule has 58 heavy (non-hydrogen) atoms. The van der Waals surface area contributed by atoms with Crippen molar-refractivity contribution in [3.8, 4) is 33.9 Å². The number of hydrogen-bond donors (Lipinski definition) is 0. The van der Waals surface area contributed by atoms with Crippen molar-refractivity contribution in [1.29, 1.82) is 0 Å². The number of nitrogens with zero attached hydrogens (tertiary/aromatic N) is 4. The maximum atomic E-state index is 5.78. The van der Waals surface area contributed by atoms with Crippen molar-refractivity contribution in [2.45, 2.75) is 78.6 Å². The smallest absolute Gasteiger partial charge is 0.117 e. The van der Waals surface area contributed by atoms with E-state index in [9.17, 15) is 0 Å². The van der Waals surface area contributed by atoms with Gasteiger partial charge in [0.2, 0.25) is 0 Å². The minimum absolute atomic E-state index is 0.262. The van der Waals surface area contributed by atoms with Crippen molar-refractivity contribution in [3.05, 3.63) is 133 Å². The number of aromatic nitrogens is 4. The van der Waals surface area contributed by atoms with Crippen molar-refractivity contribution in [1.82, 2.24) is 19.1 Å². The molecule has 0 N–H and O–H groups in total. The molecule has 0 saturated heterocycles. The summed E-state index contributed by atoms with van der Waals surface area (Å²) in [5, 5.41) is 11.2. The molecule has 2 aliphatic heterocycles. The molecule has 286 valence electrons. The Balaban J connectivity index is 1.16. The maximum Gasteiger partial charge on any atom is 0.117 e. The zero-order chi connectivity index (χ0) is 40.3. The zero-order valence-electron chi connectivity index (χ0n) is 35.3. The molecule has 0 bridgehead atoms. The van der Waals surface area contributed by atoms with E-state index in [4.69, 9.17) is 9.97 Å². The van der Waals surface area contributed by atoms with Crippen LogP contribution in [0, 0.1) is 0 Å². The Morgan fingerprint density at radius 2 is 0.793 bits per heavy atom. The highest BCUT2D eigenvalue weighted by Crippen LogP contribution is 2.42. The third kappa shape index (κ3) is 4.67. The van der Waals surface area contributed by atoms with Crippen LogP contribution in [0.3, 0.4) is 0 Å². The highest BCUT2D eigenvalue weighted by molar-refractivity contribution is 7.03. The van der Waals surface area contributed by atoms with E-state index in [0.717, 1.165) is 33.9 Å². The predicted molar refractivity (Wildman–Crippen MR) is 252 cm³/mol. The summed E-state index contributed by atoms with van der Waals surface area (Å²) < 4.78 is 5.08. The highest BCUT2D eigenvalue weighted by atomic mass is 28.3. The summed E-state index contributed by atoms with van der Waals surface area (Å²) in [4.78, 5) is 11.6. The van der Waals surface area contributed by atoms with Crippen LogP contribution < -0.4 is 20.7 Å². The van der Waals surface area contributed by atoms with E-state index in [1.807, 2.05) is 0 Å². The van der Waals surface area contributed by atoms with Gasteiger partial charge in [0.15, 0.2) is 0 Å². The molecule has 0 amide bonds. The molecule has 6 aromatic carbocycles. The average molecular weight is 787 g/mol. The van der Waals surface area contributed by atoms with E-state index in [1.54, 1.807) is 0 Å². The molecular formula is C52H50N4Si2. The quantitative estimate of drug-likeness (QED) is 0.164. The van der Waals surface area contributed by atoms with E-state index < -0.39 is 16.1 Å². The first-order valence-electron chi connectivity index (χ1n) is 20.9. The van der Waals surface area contributed by atoms with Crippen molar-refractivity contribution in [2.24, 2.45) is 0 Å². The lowest BCUT2D eigenvalue weighted by Gasteiger charge is -2.34. The second-order valence-electron chi connectivity index (χ2n) is 19.9. The molecule has 0 spiro atoms. The summed E-state index contributed by atoms with van der Waals surface area (Å²) >= 11 is 0. The Kier molecular flexibility index (Phi) is 7.09. The van der Waals surface area contributed by atoms with Crippen LogP contribution in [0.2, 0.25) is 26.2 Å². The normalized spacial score (nSPS) is 15.3. The lowest BCUT2D eigenvalue weighted by molar-refractivity contribution is 0.545. The van der Waals surface area contributed by atoms with Crippen molar-refractivity contribution in [3.63, 3.8) is 0 Å². The number of para-hydroxylation sites is 4. The molecule has 0 atom stereocenters. The zero-order valence-corrected chi connectivity index (χ0v) is 37.3. The van der Waals surface area contributed by atoms with Crippen LogP contribution in [-0.2, 0) is 10.8 Å². The van der Waals surface area contributed by atoms with E-state index in [2.05, 4.69) is 198 Å². The summed E-state index contributed by atoms with van der Waals surface area (Å²) in [7, 11) is -4.05. The molecule has 0 saturated carbocycles. The largest absolute Gasteiger partial charge is 0.309 e. The third-order valence-electron chi connectivity index (χ3n) is 13.4. The average Bonchev–Trinajstić information content (AvgIpc) is 3.72. The third-order valence-corrected chi connectivity index (χ3v) is 20.5. The van der Waals surface area contributed by atoms with Gasteiger partial charge in [-0.1, -0.05) is 165 Å². The lowest BCUT2D eigenvalue weighted by atomic mass is 9.84. The minimum atomic E-state index is -2.02. The molecular weight excluding hydrogens is 737 g/mol. The predicted octanol–water partition coefficient (Wildman–Crippen LogP) is 10.9. The Labute approximate surface area is 343 Å². The summed E-state index contributed by atoms with van der Waals surface area (Å²) in [6, 6.07) is 46.1. The van der Waals surface area contributed by atoms with Gasteiger partial charge in [0, 0.05) is 54.9 Å². The van der Waals surface area contributed by atoms with E-state index in [0.29, 0.717) is 0 Å². The van der Waals surface area contributed by atoms with Crippen LogP contribution in [0.15, 0.2) is 121 Å². The Bertz CT molecular complexity index is 3040. The fourth-order valence-electron chi connectivity index (χ4n) is 10.5. The fraction of sp³-hybridized carbons (Fsp3) is 0.231. The first-order chi connectivity index (χ1) is 27.6. The molecule has 9 aromatic rings. The number of hydrogen-bond acceptors (Lipinski definition) is 2. The first-order valence-corrected chi connectivity index (χ1v) is 26.9. The second-order valence-corrected chi connectivity index (χ2v) is 28.6. The van der Waals surface area contributed by atoms with Gasteiger partial charge in [0.1, 0.15) is 16.1 Å².